The molecular formula is C12H20O3. The largest absolute Gasteiger partial charge is 0.361 e. The van der Waals surface area contributed by atoms with Gasteiger partial charge in [0.1, 0.15) is 11.9 Å². The molecule has 15 heavy (non-hydrogen) atoms. The van der Waals surface area contributed by atoms with Crippen molar-refractivity contribution in [1.82, 2.24) is 0 Å². The maximum Gasteiger partial charge on any atom is 0.161 e. The van der Waals surface area contributed by atoms with Crippen LogP contribution in [0.15, 0.2) is 0 Å². The van der Waals surface area contributed by atoms with Crippen LogP contribution in [-0.2, 0) is 14.3 Å². The molecule has 0 amide bonds. The van der Waals surface area contributed by atoms with Gasteiger partial charge >= 0.3 is 0 Å². The molecule has 1 aliphatic rings. The lowest BCUT2D eigenvalue weighted by Gasteiger charge is -2.17. The molecule has 1 heterocycles. The zero-order valence-electron chi connectivity index (χ0n) is 9.95. The van der Waals surface area contributed by atoms with E-state index in [9.17, 15) is 9.59 Å². The fraction of sp³-hybridized carbons (Fsp3) is 0.833. The third kappa shape index (κ3) is 3.42. The second-order valence-electron chi connectivity index (χ2n) is 4.78. The van der Waals surface area contributed by atoms with Crippen LogP contribution in [0.5, 0.6) is 0 Å². The van der Waals surface area contributed by atoms with E-state index in [0.29, 0.717) is 18.3 Å². The molecule has 0 bridgehead atoms. The zero-order chi connectivity index (χ0) is 11.6. The summed E-state index contributed by atoms with van der Waals surface area (Å²) < 4.78 is 5.37. The van der Waals surface area contributed by atoms with Crippen LogP contribution in [0.1, 0.15) is 40.5 Å². The van der Waals surface area contributed by atoms with Crippen molar-refractivity contribution >= 4 is 11.6 Å². The van der Waals surface area contributed by atoms with E-state index in [2.05, 4.69) is 13.8 Å². The Morgan fingerprint density at radius 1 is 1.27 bits per heavy atom. The van der Waals surface area contributed by atoms with Crippen LogP contribution in [0.3, 0.4) is 0 Å². The van der Waals surface area contributed by atoms with Gasteiger partial charge in [-0.15, -0.1) is 0 Å². The number of carbonyl (C=O) groups excluding carboxylic acids is 2. The minimum atomic E-state index is -0.204. The Morgan fingerprint density at radius 3 is 2.20 bits per heavy atom. The molecule has 3 heteroatoms. The van der Waals surface area contributed by atoms with Gasteiger partial charge in [-0.3, -0.25) is 4.79 Å². The Morgan fingerprint density at radius 2 is 1.87 bits per heavy atom. The number of ether oxygens (including phenoxy) is 1. The highest BCUT2D eigenvalue weighted by atomic mass is 16.6. The fourth-order valence-electron chi connectivity index (χ4n) is 2.02. The summed E-state index contributed by atoms with van der Waals surface area (Å²) in [5, 5.41) is 0. The average Bonchev–Trinajstić information content (AvgIpc) is 2.83. The molecule has 0 aromatic heterocycles. The first-order valence-electron chi connectivity index (χ1n) is 5.58. The molecule has 1 saturated heterocycles. The molecule has 0 saturated carbocycles. The summed E-state index contributed by atoms with van der Waals surface area (Å²) in [6.07, 6.45) is 1.28. The first-order chi connectivity index (χ1) is 6.93. The molecule has 3 nitrogen and oxygen atoms in total. The van der Waals surface area contributed by atoms with Gasteiger partial charge in [0.25, 0.3) is 0 Å². The van der Waals surface area contributed by atoms with Crippen molar-refractivity contribution in [1.29, 1.82) is 0 Å². The molecule has 1 aliphatic heterocycles. The standard InChI is InChI=1S/C12H20O3/c1-7(2)10(6-5-8(3)13)12-11(15-12)9(4)14/h7,10-12H,5-6H2,1-4H3/t10-,11-,12-/m1/s1. The molecule has 0 aromatic rings. The Kier molecular flexibility index (Phi) is 4.03. The summed E-state index contributed by atoms with van der Waals surface area (Å²) in [5.41, 5.74) is 0. The topological polar surface area (TPSA) is 46.7 Å². The van der Waals surface area contributed by atoms with Crippen molar-refractivity contribution in [3.05, 3.63) is 0 Å². The second-order valence-corrected chi connectivity index (χ2v) is 4.78. The highest BCUT2D eigenvalue weighted by molar-refractivity contribution is 5.83. The number of epoxide rings is 1. The first-order valence-corrected chi connectivity index (χ1v) is 5.58. The van der Waals surface area contributed by atoms with Crippen LogP contribution in [-0.4, -0.2) is 23.8 Å². The summed E-state index contributed by atoms with van der Waals surface area (Å²) in [6.45, 7) is 7.40. The maximum absolute atomic E-state index is 11.1. The Labute approximate surface area is 91.2 Å². The molecule has 1 rings (SSSR count). The third-order valence-corrected chi connectivity index (χ3v) is 3.03. The molecular weight excluding hydrogens is 192 g/mol. The van der Waals surface area contributed by atoms with E-state index in [1.807, 2.05) is 0 Å². The van der Waals surface area contributed by atoms with Gasteiger partial charge in [0.2, 0.25) is 0 Å². The first kappa shape index (κ1) is 12.4. The SMILES string of the molecule is CC(=O)CC[C@H](C(C)C)[C@H]1O[C@@H]1C(C)=O. The fourth-order valence-corrected chi connectivity index (χ4v) is 2.02. The lowest BCUT2D eigenvalue weighted by Crippen LogP contribution is -2.20. The summed E-state index contributed by atoms with van der Waals surface area (Å²) >= 11 is 0. The molecule has 3 atom stereocenters. The van der Waals surface area contributed by atoms with Crippen LogP contribution in [0.2, 0.25) is 0 Å². The number of rotatable bonds is 6. The predicted molar refractivity (Wildman–Crippen MR) is 57.6 cm³/mol. The smallest absolute Gasteiger partial charge is 0.161 e. The van der Waals surface area contributed by atoms with Crippen LogP contribution < -0.4 is 0 Å². The Bertz CT molecular complexity index is 258. The van der Waals surface area contributed by atoms with Crippen LogP contribution in [0.4, 0.5) is 0 Å². The molecule has 86 valence electrons. The van der Waals surface area contributed by atoms with Crippen molar-refractivity contribution in [3.8, 4) is 0 Å². The highest BCUT2D eigenvalue weighted by Crippen LogP contribution is 2.37. The number of carbonyl (C=O) groups is 2. The molecule has 0 aromatic carbocycles. The lowest BCUT2D eigenvalue weighted by molar-refractivity contribution is -0.118. The van der Waals surface area contributed by atoms with E-state index in [1.54, 1.807) is 13.8 Å². The van der Waals surface area contributed by atoms with Gasteiger partial charge in [0, 0.05) is 6.42 Å². The lowest BCUT2D eigenvalue weighted by atomic mass is 9.86. The predicted octanol–water partition coefficient (Wildman–Crippen LogP) is 1.98. The summed E-state index contributed by atoms with van der Waals surface area (Å²) in [6, 6.07) is 0. The molecule has 0 unspecified atom stereocenters. The Balaban J connectivity index is 2.46. The van der Waals surface area contributed by atoms with Gasteiger partial charge < -0.3 is 9.53 Å². The number of hydrogen-bond donors (Lipinski definition) is 0. The molecule has 0 spiro atoms. The minimum Gasteiger partial charge on any atom is -0.361 e. The molecule has 1 fully saturated rings. The maximum atomic E-state index is 11.1. The summed E-state index contributed by atoms with van der Waals surface area (Å²) in [7, 11) is 0. The summed E-state index contributed by atoms with van der Waals surface area (Å²) in [5.74, 6) is 1.11. The third-order valence-electron chi connectivity index (χ3n) is 3.03. The number of Topliss-reactive ketones (excluding diaryl/α,β-unsaturated/α-hetero) is 2. The second kappa shape index (κ2) is 4.88. The zero-order valence-corrected chi connectivity index (χ0v) is 9.95. The Hall–Kier alpha value is -0.700. The van der Waals surface area contributed by atoms with Crippen molar-refractivity contribution in [3.63, 3.8) is 0 Å². The van der Waals surface area contributed by atoms with Gasteiger partial charge in [-0.1, -0.05) is 13.8 Å². The van der Waals surface area contributed by atoms with E-state index in [4.69, 9.17) is 4.74 Å². The number of ketones is 2. The minimum absolute atomic E-state index is 0.0573. The van der Waals surface area contributed by atoms with Crippen LogP contribution in [0, 0.1) is 11.8 Å². The molecule has 0 radical (unpaired) electrons. The van der Waals surface area contributed by atoms with Crippen molar-refractivity contribution in [2.24, 2.45) is 11.8 Å². The average molecular weight is 212 g/mol. The number of hydrogen-bond acceptors (Lipinski definition) is 3. The van der Waals surface area contributed by atoms with Gasteiger partial charge in [0.05, 0.1) is 6.10 Å². The van der Waals surface area contributed by atoms with Crippen molar-refractivity contribution < 1.29 is 14.3 Å². The van der Waals surface area contributed by atoms with Gasteiger partial charge in [0.15, 0.2) is 5.78 Å². The van der Waals surface area contributed by atoms with Gasteiger partial charge in [-0.2, -0.15) is 0 Å². The normalized spacial score (nSPS) is 26.5. The monoisotopic (exact) mass is 212 g/mol. The quantitative estimate of drug-likeness (QED) is 0.632. The van der Waals surface area contributed by atoms with Crippen LogP contribution >= 0.6 is 0 Å². The van der Waals surface area contributed by atoms with E-state index in [0.717, 1.165) is 6.42 Å². The highest BCUT2D eigenvalue weighted by Gasteiger charge is 2.48. The van der Waals surface area contributed by atoms with E-state index >= 15 is 0 Å². The van der Waals surface area contributed by atoms with E-state index in [-0.39, 0.29) is 23.8 Å². The van der Waals surface area contributed by atoms with Gasteiger partial charge in [-0.25, -0.2) is 0 Å². The molecule has 0 N–H and O–H groups in total. The van der Waals surface area contributed by atoms with Crippen molar-refractivity contribution in [2.45, 2.75) is 52.7 Å². The van der Waals surface area contributed by atoms with Crippen LogP contribution in [0.25, 0.3) is 0 Å². The molecule has 0 aliphatic carbocycles. The van der Waals surface area contributed by atoms with Gasteiger partial charge in [-0.05, 0) is 32.1 Å². The van der Waals surface area contributed by atoms with Crippen molar-refractivity contribution in [2.75, 3.05) is 0 Å². The summed E-state index contributed by atoms with van der Waals surface area (Å²) in [4.78, 5) is 22.0. The van der Waals surface area contributed by atoms with E-state index < -0.39 is 0 Å². The van der Waals surface area contributed by atoms with E-state index in [1.165, 1.54) is 0 Å².